The van der Waals surface area contributed by atoms with Gasteiger partial charge in [-0.2, -0.15) is 0 Å². The number of fused-ring (bicyclic) bond motifs is 1. The summed E-state index contributed by atoms with van der Waals surface area (Å²) >= 11 is 3.28. The van der Waals surface area contributed by atoms with E-state index in [1.165, 1.54) is 6.07 Å². The van der Waals surface area contributed by atoms with E-state index in [1.54, 1.807) is 0 Å². The number of halogens is 3. The highest BCUT2D eigenvalue weighted by Gasteiger charge is 2.12. The van der Waals surface area contributed by atoms with E-state index in [9.17, 15) is 8.78 Å². The van der Waals surface area contributed by atoms with Crippen LogP contribution in [0.25, 0.3) is 10.9 Å². The number of hydrogen-bond donors (Lipinski definition) is 0. The molecule has 0 saturated carbocycles. The maximum absolute atomic E-state index is 12.5. The first-order valence-corrected chi connectivity index (χ1v) is 5.23. The molecule has 0 atom stereocenters. The summed E-state index contributed by atoms with van der Waals surface area (Å²) in [6.45, 7) is 1.86. The Morgan fingerprint density at radius 2 is 2.07 bits per heavy atom. The second kappa shape index (κ2) is 3.85. The number of alkyl halides is 2. The Morgan fingerprint density at radius 3 is 2.73 bits per heavy atom. The second-order valence-electron chi connectivity index (χ2n) is 3.30. The maximum atomic E-state index is 12.5. The lowest BCUT2D eigenvalue weighted by Crippen LogP contribution is -1.93. The summed E-state index contributed by atoms with van der Waals surface area (Å²) in [6, 6.07) is 6.96. The first kappa shape index (κ1) is 10.5. The van der Waals surface area contributed by atoms with Crippen LogP contribution in [0.5, 0.6) is 0 Å². The molecule has 2 rings (SSSR count). The Bertz CT molecular complexity index is 511. The molecule has 0 aliphatic carbocycles. The Hall–Kier alpha value is -1.03. The summed E-state index contributed by atoms with van der Waals surface area (Å²) in [5.41, 5.74) is 1.33. The number of aryl methyl sites for hydroxylation is 1. The van der Waals surface area contributed by atoms with Gasteiger partial charge in [-0.25, -0.2) is 13.8 Å². The number of para-hydroxylation sites is 1. The molecule has 1 nitrogen and oxygen atoms in total. The lowest BCUT2D eigenvalue weighted by molar-refractivity contribution is 0.146. The van der Waals surface area contributed by atoms with Crippen LogP contribution in [0.4, 0.5) is 8.78 Å². The van der Waals surface area contributed by atoms with Gasteiger partial charge in [-0.05, 0) is 18.6 Å². The van der Waals surface area contributed by atoms with Crippen molar-refractivity contribution in [1.82, 2.24) is 4.98 Å². The first-order chi connectivity index (χ1) is 7.09. The number of benzene rings is 1. The largest absolute Gasteiger partial charge is 0.280 e. The summed E-state index contributed by atoms with van der Waals surface area (Å²) in [5.74, 6) is 0. The predicted molar refractivity (Wildman–Crippen MR) is 59.1 cm³/mol. The smallest absolute Gasteiger partial charge is 0.246 e. The molecule has 0 saturated heterocycles. The molecular weight excluding hydrogens is 264 g/mol. The minimum Gasteiger partial charge on any atom is -0.246 e. The van der Waals surface area contributed by atoms with E-state index in [4.69, 9.17) is 0 Å². The van der Waals surface area contributed by atoms with Crippen molar-refractivity contribution in [1.29, 1.82) is 0 Å². The summed E-state index contributed by atoms with van der Waals surface area (Å²) in [6.07, 6.45) is -2.54. The highest BCUT2D eigenvalue weighted by Crippen LogP contribution is 2.29. The van der Waals surface area contributed by atoms with Gasteiger partial charge in [0.15, 0.2) is 0 Å². The van der Waals surface area contributed by atoms with Crippen LogP contribution in [0.15, 0.2) is 28.7 Å². The normalized spacial score (nSPS) is 11.3. The summed E-state index contributed by atoms with van der Waals surface area (Å²) in [4.78, 5) is 3.96. The molecule has 0 fully saturated rings. The Kier molecular flexibility index (Phi) is 2.69. The van der Waals surface area contributed by atoms with Gasteiger partial charge in [0.2, 0.25) is 0 Å². The fourth-order valence-corrected chi connectivity index (χ4v) is 2.04. The van der Waals surface area contributed by atoms with Gasteiger partial charge in [0, 0.05) is 9.86 Å². The third-order valence-electron chi connectivity index (χ3n) is 2.23. The van der Waals surface area contributed by atoms with Crippen LogP contribution < -0.4 is 0 Å². The van der Waals surface area contributed by atoms with Crippen molar-refractivity contribution in [2.24, 2.45) is 0 Å². The molecule has 15 heavy (non-hydrogen) atoms. The monoisotopic (exact) mass is 271 g/mol. The van der Waals surface area contributed by atoms with Crippen LogP contribution in [0, 0.1) is 6.92 Å². The third kappa shape index (κ3) is 1.86. The van der Waals surface area contributed by atoms with E-state index in [1.807, 2.05) is 25.1 Å². The molecule has 1 aromatic heterocycles. The number of hydrogen-bond acceptors (Lipinski definition) is 1. The zero-order chi connectivity index (χ0) is 11.0. The lowest BCUT2D eigenvalue weighted by Gasteiger charge is -2.06. The topological polar surface area (TPSA) is 12.9 Å². The Morgan fingerprint density at radius 1 is 1.33 bits per heavy atom. The van der Waals surface area contributed by atoms with Gasteiger partial charge in [0.05, 0.1) is 5.52 Å². The van der Waals surface area contributed by atoms with E-state index in [0.717, 1.165) is 10.9 Å². The van der Waals surface area contributed by atoms with Crippen LogP contribution >= 0.6 is 15.9 Å². The van der Waals surface area contributed by atoms with Crippen molar-refractivity contribution in [2.75, 3.05) is 0 Å². The molecule has 0 N–H and O–H groups in total. The zero-order valence-corrected chi connectivity index (χ0v) is 9.55. The van der Waals surface area contributed by atoms with Gasteiger partial charge >= 0.3 is 0 Å². The standard InChI is InChI=1S/C11H8BrF2N/c1-6-3-2-4-7-8(12)5-9(11(13)14)15-10(6)7/h2-5,11H,1H3. The molecular formula is C11H8BrF2N. The van der Waals surface area contributed by atoms with Crippen molar-refractivity contribution in [3.8, 4) is 0 Å². The van der Waals surface area contributed by atoms with E-state index in [0.29, 0.717) is 9.99 Å². The summed E-state index contributed by atoms with van der Waals surface area (Å²) in [7, 11) is 0. The van der Waals surface area contributed by atoms with Crippen LogP contribution in [0.3, 0.4) is 0 Å². The van der Waals surface area contributed by atoms with Crippen LogP contribution in [-0.2, 0) is 0 Å². The molecule has 4 heteroatoms. The van der Waals surface area contributed by atoms with Gasteiger partial charge in [0.1, 0.15) is 5.69 Å². The predicted octanol–water partition coefficient (Wildman–Crippen LogP) is 4.24. The highest BCUT2D eigenvalue weighted by atomic mass is 79.9. The molecule has 0 amide bonds. The summed E-state index contributed by atoms with van der Waals surface area (Å²) < 4.78 is 25.7. The van der Waals surface area contributed by atoms with E-state index in [-0.39, 0.29) is 5.69 Å². The lowest BCUT2D eigenvalue weighted by atomic mass is 10.1. The average Bonchev–Trinajstić information content (AvgIpc) is 2.19. The van der Waals surface area contributed by atoms with Crippen LogP contribution in [0.2, 0.25) is 0 Å². The molecule has 0 spiro atoms. The molecule has 1 aromatic carbocycles. The minimum absolute atomic E-state index is 0.191. The minimum atomic E-state index is -2.54. The molecule has 1 heterocycles. The number of rotatable bonds is 1. The molecule has 0 bridgehead atoms. The average molecular weight is 272 g/mol. The second-order valence-corrected chi connectivity index (χ2v) is 4.16. The number of pyridine rings is 1. The molecule has 78 valence electrons. The Balaban J connectivity index is 2.80. The van der Waals surface area contributed by atoms with Gasteiger partial charge in [0.25, 0.3) is 6.43 Å². The van der Waals surface area contributed by atoms with Crippen molar-refractivity contribution < 1.29 is 8.78 Å². The summed E-state index contributed by atoms with van der Waals surface area (Å²) in [5, 5.41) is 0.861. The van der Waals surface area contributed by atoms with Crippen LogP contribution in [-0.4, -0.2) is 4.98 Å². The van der Waals surface area contributed by atoms with Crippen molar-refractivity contribution in [2.45, 2.75) is 13.3 Å². The maximum Gasteiger partial charge on any atom is 0.280 e. The third-order valence-corrected chi connectivity index (χ3v) is 2.89. The first-order valence-electron chi connectivity index (χ1n) is 4.43. The molecule has 0 radical (unpaired) electrons. The van der Waals surface area contributed by atoms with E-state index >= 15 is 0 Å². The van der Waals surface area contributed by atoms with Gasteiger partial charge in [-0.1, -0.05) is 34.1 Å². The van der Waals surface area contributed by atoms with Crippen molar-refractivity contribution in [3.63, 3.8) is 0 Å². The fraction of sp³-hybridized carbons (Fsp3) is 0.182. The number of nitrogens with zero attached hydrogens (tertiary/aromatic N) is 1. The van der Waals surface area contributed by atoms with Gasteiger partial charge in [-0.15, -0.1) is 0 Å². The van der Waals surface area contributed by atoms with E-state index < -0.39 is 6.43 Å². The van der Waals surface area contributed by atoms with Gasteiger partial charge in [-0.3, -0.25) is 0 Å². The van der Waals surface area contributed by atoms with Crippen molar-refractivity contribution in [3.05, 3.63) is 40.0 Å². The highest BCUT2D eigenvalue weighted by molar-refractivity contribution is 9.10. The number of aromatic nitrogens is 1. The Labute approximate surface area is 94.3 Å². The molecule has 0 aliphatic heterocycles. The SMILES string of the molecule is Cc1cccc2c(Br)cc(C(F)F)nc12. The molecule has 0 unspecified atom stereocenters. The quantitative estimate of drug-likeness (QED) is 0.756. The van der Waals surface area contributed by atoms with Crippen molar-refractivity contribution >= 4 is 26.8 Å². The zero-order valence-electron chi connectivity index (χ0n) is 7.97. The van der Waals surface area contributed by atoms with E-state index in [2.05, 4.69) is 20.9 Å². The molecule has 0 aliphatic rings. The molecule has 2 aromatic rings. The van der Waals surface area contributed by atoms with Crippen LogP contribution in [0.1, 0.15) is 17.7 Å². The van der Waals surface area contributed by atoms with Gasteiger partial charge < -0.3 is 0 Å². The fourth-order valence-electron chi connectivity index (χ4n) is 1.48.